The van der Waals surface area contributed by atoms with Crippen LogP contribution < -0.4 is 5.32 Å². The molecule has 4 rings (SSSR count). The van der Waals surface area contributed by atoms with Crippen LogP contribution in [0.4, 0.5) is 0 Å². The number of aryl methyl sites for hydroxylation is 1. The molecule has 1 atom stereocenters. The van der Waals surface area contributed by atoms with Gasteiger partial charge in [-0.1, -0.05) is 41.4 Å². The zero-order chi connectivity index (χ0) is 21.1. The number of hydrogen-bond acceptors (Lipinski definition) is 4. The summed E-state index contributed by atoms with van der Waals surface area (Å²) in [6.07, 6.45) is 3.98. The maximum atomic E-state index is 13.0. The number of carbonyl (C=O) groups is 1. The Labute approximate surface area is 185 Å². The molecule has 0 radical (unpaired) electrons. The van der Waals surface area contributed by atoms with Gasteiger partial charge in [0.05, 0.1) is 30.1 Å². The van der Waals surface area contributed by atoms with Gasteiger partial charge in [0.15, 0.2) is 0 Å². The Morgan fingerprint density at radius 2 is 1.97 bits per heavy atom. The lowest BCUT2D eigenvalue weighted by atomic mass is 10.1. The van der Waals surface area contributed by atoms with Gasteiger partial charge >= 0.3 is 0 Å². The van der Waals surface area contributed by atoms with Gasteiger partial charge < -0.3 is 9.73 Å². The lowest BCUT2D eigenvalue weighted by molar-refractivity contribution is 0.0933. The van der Waals surface area contributed by atoms with E-state index in [1.165, 1.54) is 0 Å². The molecular weight excluding hydrogens is 423 g/mol. The van der Waals surface area contributed by atoms with Gasteiger partial charge in [0.25, 0.3) is 5.91 Å². The third-order valence-electron chi connectivity index (χ3n) is 5.48. The summed E-state index contributed by atoms with van der Waals surface area (Å²) in [5.74, 6) is 0.619. The zero-order valence-electron chi connectivity index (χ0n) is 16.8. The Balaban J connectivity index is 1.49. The van der Waals surface area contributed by atoms with Gasteiger partial charge in [-0.15, -0.1) is 0 Å². The van der Waals surface area contributed by atoms with E-state index >= 15 is 0 Å². The minimum absolute atomic E-state index is 0.00343. The summed E-state index contributed by atoms with van der Waals surface area (Å²) in [4.78, 5) is 15.3. The third kappa shape index (κ3) is 4.41. The molecule has 2 aromatic heterocycles. The van der Waals surface area contributed by atoms with Crippen molar-refractivity contribution in [2.24, 2.45) is 0 Å². The van der Waals surface area contributed by atoms with Gasteiger partial charge in [-0.05, 0) is 56.6 Å². The Bertz CT molecular complexity index is 1010. The van der Waals surface area contributed by atoms with Crippen LogP contribution in [0.2, 0.25) is 10.2 Å². The first-order valence-corrected chi connectivity index (χ1v) is 10.8. The monoisotopic (exact) mass is 446 g/mol. The fourth-order valence-electron chi connectivity index (χ4n) is 3.93. The quantitative estimate of drug-likeness (QED) is 0.570. The highest BCUT2D eigenvalue weighted by Crippen LogP contribution is 2.26. The second kappa shape index (κ2) is 9.25. The molecule has 6 nitrogen and oxygen atoms in total. The van der Waals surface area contributed by atoms with Gasteiger partial charge in [0, 0.05) is 11.6 Å². The Kier molecular flexibility index (Phi) is 6.46. The average molecular weight is 447 g/mol. The standard InChI is InChI=1S/C22H24Cl2N4O2/c1-15-20(21(24)28(26-15)14-16-7-2-3-8-17(16)23)22(29)25-13-18(19-9-6-12-30-19)27-10-4-5-11-27/h2-3,6-9,12,18H,4-5,10-11,13-14H2,1H3,(H,25,29). The fraction of sp³-hybridized carbons (Fsp3) is 0.364. The summed E-state index contributed by atoms with van der Waals surface area (Å²) < 4.78 is 7.24. The molecule has 8 heteroatoms. The summed E-state index contributed by atoms with van der Waals surface area (Å²) in [7, 11) is 0. The molecule has 1 saturated heterocycles. The molecule has 1 aliphatic heterocycles. The van der Waals surface area contributed by atoms with Gasteiger partial charge in [-0.2, -0.15) is 5.10 Å². The highest BCUT2D eigenvalue weighted by molar-refractivity contribution is 6.33. The number of benzene rings is 1. The van der Waals surface area contributed by atoms with Crippen molar-refractivity contribution in [3.63, 3.8) is 0 Å². The number of amides is 1. The number of rotatable bonds is 7. The van der Waals surface area contributed by atoms with E-state index in [4.69, 9.17) is 27.6 Å². The van der Waals surface area contributed by atoms with E-state index in [1.54, 1.807) is 17.9 Å². The van der Waals surface area contributed by atoms with Crippen LogP contribution in [0.1, 0.15) is 46.3 Å². The number of aromatic nitrogens is 2. The van der Waals surface area contributed by atoms with Gasteiger partial charge in [-0.25, -0.2) is 4.68 Å². The van der Waals surface area contributed by atoms with Gasteiger partial charge in [0.2, 0.25) is 0 Å². The van der Waals surface area contributed by atoms with Crippen LogP contribution in [0.15, 0.2) is 47.1 Å². The zero-order valence-corrected chi connectivity index (χ0v) is 18.3. The van der Waals surface area contributed by atoms with E-state index in [-0.39, 0.29) is 11.9 Å². The first-order chi connectivity index (χ1) is 14.5. The summed E-state index contributed by atoms with van der Waals surface area (Å²) in [6.45, 7) is 4.62. The smallest absolute Gasteiger partial charge is 0.256 e. The molecule has 3 heterocycles. The number of carbonyl (C=O) groups excluding carboxylic acids is 1. The van der Waals surface area contributed by atoms with E-state index in [9.17, 15) is 4.79 Å². The molecule has 1 N–H and O–H groups in total. The van der Waals surface area contributed by atoms with Crippen LogP contribution >= 0.6 is 23.2 Å². The number of hydrogen-bond donors (Lipinski definition) is 1. The Hall–Kier alpha value is -2.28. The van der Waals surface area contributed by atoms with Crippen molar-refractivity contribution in [3.05, 3.63) is 75.4 Å². The highest BCUT2D eigenvalue weighted by atomic mass is 35.5. The third-order valence-corrected chi connectivity index (χ3v) is 6.23. The molecule has 1 aliphatic rings. The van der Waals surface area contributed by atoms with Crippen molar-refractivity contribution in [1.29, 1.82) is 0 Å². The predicted molar refractivity (Wildman–Crippen MR) is 117 cm³/mol. The largest absolute Gasteiger partial charge is 0.468 e. The van der Waals surface area contributed by atoms with Crippen LogP contribution in [0.5, 0.6) is 0 Å². The molecule has 1 unspecified atom stereocenters. The Morgan fingerprint density at radius 1 is 1.20 bits per heavy atom. The van der Waals surface area contributed by atoms with E-state index < -0.39 is 0 Å². The van der Waals surface area contributed by atoms with Crippen LogP contribution in [0.25, 0.3) is 0 Å². The van der Waals surface area contributed by atoms with Crippen molar-refractivity contribution in [1.82, 2.24) is 20.0 Å². The van der Waals surface area contributed by atoms with Gasteiger partial charge in [0.1, 0.15) is 10.9 Å². The first kappa shape index (κ1) is 21.0. The van der Waals surface area contributed by atoms with E-state index in [0.717, 1.165) is 37.3 Å². The van der Waals surface area contributed by atoms with Crippen LogP contribution in [0, 0.1) is 6.92 Å². The molecule has 3 aromatic rings. The lowest BCUT2D eigenvalue weighted by Crippen LogP contribution is -2.36. The molecule has 0 spiro atoms. The van der Waals surface area contributed by atoms with E-state index in [0.29, 0.717) is 34.5 Å². The van der Waals surface area contributed by atoms with Crippen molar-refractivity contribution in [2.75, 3.05) is 19.6 Å². The van der Waals surface area contributed by atoms with Crippen molar-refractivity contribution in [2.45, 2.75) is 32.4 Å². The second-order valence-electron chi connectivity index (χ2n) is 7.48. The van der Waals surface area contributed by atoms with Gasteiger partial charge in [-0.3, -0.25) is 9.69 Å². The second-order valence-corrected chi connectivity index (χ2v) is 8.25. The minimum atomic E-state index is -0.237. The lowest BCUT2D eigenvalue weighted by Gasteiger charge is -2.26. The Morgan fingerprint density at radius 3 is 2.67 bits per heavy atom. The molecule has 158 valence electrons. The maximum absolute atomic E-state index is 13.0. The molecule has 1 amide bonds. The first-order valence-electron chi connectivity index (χ1n) is 10.1. The van der Waals surface area contributed by atoms with Crippen molar-refractivity contribution >= 4 is 29.1 Å². The number of furan rings is 1. The van der Waals surface area contributed by atoms with Crippen molar-refractivity contribution < 1.29 is 9.21 Å². The minimum Gasteiger partial charge on any atom is -0.468 e. The van der Waals surface area contributed by atoms with Crippen molar-refractivity contribution in [3.8, 4) is 0 Å². The summed E-state index contributed by atoms with van der Waals surface area (Å²) in [5.41, 5.74) is 1.87. The molecule has 0 aliphatic carbocycles. The van der Waals surface area contributed by atoms with E-state index in [2.05, 4.69) is 15.3 Å². The van der Waals surface area contributed by atoms with E-state index in [1.807, 2.05) is 36.4 Å². The van der Waals surface area contributed by atoms with Crippen LogP contribution in [-0.4, -0.2) is 40.2 Å². The predicted octanol–water partition coefficient (Wildman–Crippen LogP) is 4.71. The molecule has 0 saturated carbocycles. The number of nitrogens with one attached hydrogen (secondary N) is 1. The highest BCUT2D eigenvalue weighted by Gasteiger charge is 2.27. The SMILES string of the molecule is Cc1nn(Cc2ccccc2Cl)c(Cl)c1C(=O)NCC(c1ccco1)N1CCCC1. The van der Waals surface area contributed by atoms with Crippen LogP contribution in [-0.2, 0) is 6.54 Å². The molecular formula is C22H24Cl2N4O2. The number of likely N-dealkylation sites (tertiary alicyclic amines) is 1. The summed E-state index contributed by atoms with van der Waals surface area (Å²) in [5, 5.41) is 8.43. The summed E-state index contributed by atoms with van der Waals surface area (Å²) in [6, 6.07) is 11.3. The number of nitrogens with zero attached hydrogens (tertiary/aromatic N) is 3. The maximum Gasteiger partial charge on any atom is 0.256 e. The number of halogens is 2. The molecule has 1 aromatic carbocycles. The topological polar surface area (TPSA) is 63.3 Å². The average Bonchev–Trinajstić information content (AvgIpc) is 3.48. The normalized spacial score (nSPS) is 15.4. The van der Waals surface area contributed by atoms with Crippen LogP contribution in [0.3, 0.4) is 0 Å². The molecule has 0 bridgehead atoms. The molecule has 1 fully saturated rings. The fourth-order valence-corrected chi connectivity index (χ4v) is 4.44. The summed E-state index contributed by atoms with van der Waals surface area (Å²) >= 11 is 12.8. The molecule has 30 heavy (non-hydrogen) atoms.